The van der Waals surface area contributed by atoms with E-state index in [1.165, 1.54) is 4.68 Å². The molecule has 2 heterocycles. The van der Waals surface area contributed by atoms with Gasteiger partial charge in [-0.15, -0.1) is 0 Å². The predicted octanol–water partition coefficient (Wildman–Crippen LogP) is 4.20. The molecule has 7 nitrogen and oxygen atoms in total. The molecular formula is C18H18Cl3N5O2. The average molecular weight is 443 g/mol. The molecule has 0 aliphatic rings. The van der Waals surface area contributed by atoms with E-state index in [2.05, 4.69) is 15.5 Å². The van der Waals surface area contributed by atoms with Gasteiger partial charge in [-0.3, -0.25) is 9.48 Å². The van der Waals surface area contributed by atoms with Crippen molar-refractivity contribution < 1.29 is 9.53 Å². The van der Waals surface area contributed by atoms with Crippen molar-refractivity contribution in [3.8, 4) is 5.75 Å². The van der Waals surface area contributed by atoms with E-state index in [0.717, 1.165) is 0 Å². The molecule has 0 atom stereocenters. The number of hydrogen-bond acceptors (Lipinski definition) is 4. The second kappa shape index (κ2) is 9.32. The molecule has 28 heavy (non-hydrogen) atoms. The molecule has 148 valence electrons. The van der Waals surface area contributed by atoms with Crippen LogP contribution >= 0.6 is 34.8 Å². The topological polar surface area (TPSA) is 74.0 Å². The number of aromatic nitrogens is 4. The third-order valence-electron chi connectivity index (χ3n) is 3.88. The summed E-state index contributed by atoms with van der Waals surface area (Å²) in [5.74, 6) is 0.407. The quantitative estimate of drug-likeness (QED) is 0.531. The maximum atomic E-state index is 12.2. The first-order valence-electron chi connectivity index (χ1n) is 8.52. The highest BCUT2D eigenvalue weighted by molar-refractivity contribution is 6.41. The Morgan fingerprint density at radius 1 is 1.14 bits per heavy atom. The van der Waals surface area contributed by atoms with Gasteiger partial charge in [0.25, 0.3) is 5.91 Å². The summed E-state index contributed by atoms with van der Waals surface area (Å²) in [5, 5.41) is 12.8. The van der Waals surface area contributed by atoms with Crippen LogP contribution in [0.15, 0.2) is 36.5 Å². The number of benzene rings is 1. The van der Waals surface area contributed by atoms with E-state index in [9.17, 15) is 4.79 Å². The molecule has 0 unspecified atom stereocenters. The number of rotatable bonds is 8. The highest BCUT2D eigenvalue weighted by Gasteiger charge is 2.12. The van der Waals surface area contributed by atoms with Crippen molar-refractivity contribution in [1.82, 2.24) is 24.9 Å². The van der Waals surface area contributed by atoms with E-state index in [1.807, 2.05) is 0 Å². The summed E-state index contributed by atoms with van der Waals surface area (Å²) in [4.78, 5) is 12.2. The molecule has 0 aliphatic carbocycles. The van der Waals surface area contributed by atoms with Crippen molar-refractivity contribution >= 4 is 40.7 Å². The maximum Gasteiger partial charge on any atom is 0.271 e. The van der Waals surface area contributed by atoms with Crippen LogP contribution in [-0.2, 0) is 13.3 Å². The summed E-state index contributed by atoms with van der Waals surface area (Å²) >= 11 is 17.9. The van der Waals surface area contributed by atoms with Crippen LogP contribution in [-0.4, -0.2) is 32.0 Å². The molecule has 10 heteroatoms. The Morgan fingerprint density at radius 2 is 1.89 bits per heavy atom. The molecule has 0 aliphatic heterocycles. The molecule has 1 aromatic carbocycles. The second-order valence-corrected chi connectivity index (χ2v) is 7.16. The lowest BCUT2D eigenvalue weighted by Gasteiger charge is -2.06. The molecule has 0 saturated heterocycles. The van der Waals surface area contributed by atoms with E-state index < -0.39 is 0 Å². The van der Waals surface area contributed by atoms with E-state index >= 15 is 0 Å². The molecule has 3 rings (SSSR count). The van der Waals surface area contributed by atoms with E-state index in [4.69, 9.17) is 39.5 Å². The zero-order valence-electron chi connectivity index (χ0n) is 15.0. The van der Waals surface area contributed by atoms with E-state index in [-0.39, 0.29) is 12.6 Å². The van der Waals surface area contributed by atoms with E-state index in [1.54, 1.807) is 48.1 Å². The van der Waals surface area contributed by atoms with Crippen LogP contribution in [0.3, 0.4) is 0 Å². The number of nitrogens with zero attached hydrogens (tertiary/aromatic N) is 4. The summed E-state index contributed by atoms with van der Waals surface area (Å²) in [5.41, 5.74) is 0.998. The number of amides is 1. The van der Waals surface area contributed by atoms with Crippen LogP contribution in [0.1, 0.15) is 22.6 Å². The number of hydrogen-bond donors (Lipinski definition) is 1. The number of ether oxygens (including phenoxy) is 1. The molecule has 1 amide bonds. The van der Waals surface area contributed by atoms with Crippen molar-refractivity contribution in [2.24, 2.45) is 0 Å². The first-order valence-corrected chi connectivity index (χ1v) is 9.66. The van der Waals surface area contributed by atoms with Gasteiger partial charge in [-0.2, -0.15) is 10.2 Å². The summed E-state index contributed by atoms with van der Waals surface area (Å²) in [6.07, 6.45) is 2.34. The Hall–Kier alpha value is -2.22. The number of halogens is 3. The number of nitrogens with one attached hydrogen (secondary N) is 1. The van der Waals surface area contributed by atoms with E-state index in [0.29, 0.717) is 51.8 Å². The average Bonchev–Trinajstić information content (AvgIpc) is 3.26. The summed E-state index contributed by atoms with van der Waals surface area (Å²) in [7, 11) is 0. The van der Waals surface area contributed by atoms with Crippen LogP contribution in [0.2, 0.25) is 15.2 Å². The van der Waals surface area contributed by atoms with Gasteiger partial charge >= 0.3 is 0 Å². The Labute approximate surface area is 177 Å². The smallest absolute Gasteiger partial charge is 0.271 e. The van der Waals surface area contributed by atoms with Crippen LogP contribution < -0.4 is 10.1 Å². The number of carbonyl (C=O) groups is 1. The Balaban J connectivity index is 1.43. The van der Waals surface area contributed by atoms with Gasteiger partial charge in [0.2, 0.25) is 0 Å². The van der Waals surface area contributed by atoms with Crippen LogP contribution in [0, 0.1) is 6.92 Å². The highest BCUT2D eigenvalue weighted by atomic mass is 35.5. The number of aryl methyl sites for hydroxylation is 2. The lowest BCUT2D eigenvalue weighted by molar-refractivity contribution is 0.0945. The molecule has 0 fully saturated rings. The molecule has 0 saturated carbocycles. The first kappa shape index (κ1) is 20.5. The standard InChI is InChI=1S/C18H18Cl3N5O2/c1-12-16(20)17(21)26(23-12)9-2-8-22-18(27)15-7-10-25(24-15)11-28-14-5-3-13(19)4-6-14/h3-7,10H,2,8-9,11H2,1H3,(H,22,27). The van der Waals surface area contributed by atoms with Crippen molar-refractivity contribution in [3.63, 3.8) is 0 Å². The Morgan fingerprint density at radius 3 is 2.57 bits per heavy atom. The van der Waals surface area contributed by atoms with Gasteiger partial charge in [0.1, 0.15) is 21.6 Å². The number of carbonyl (C=O) groups excluding carboxylic acids is 1. The van der Waals surface area contributed by atoms with Crippen molar-refractivity contribution in [2.45, 2.75) is 26.6 Å². The third-order valence-corrected chi connectivity index (χ3v) is 5.06. The van der Waals surface area contributed by atoms with Crippen molar-refractivity contribution in [2.75, 3.05) is 6.54 Å². The molecule has 1 N–H and O–H groups in total. The van der Waals surface area contributed by atoms with Gasteiger partial charge in [-0.1, -0.05) is 34.8 Å². The minimum atomic E-state index is -0.258. The predicted molar refractivity (Wildman–Crippen MR) is 108 cm³/mol. The van der Waals surface area contributed by atoms with Gasteiger partial charge in [0, 0.05) is 24.3 Å². The molecule has 0 spiro atoms. The van der Waals surface area contributed by atoms with Gasteiger partial charge in [-0.05, 0) is 43.7 Å². The molecule has 2 aromatic heterocycles. The fourth-order valence-corrected chi connectivity index (χ4v) is 2.95. The van der Waals surface area contributed by atoms with Gasteiger partial charge in [0.15, 0.2) is 6.73 Å². The SMILES string of the molecule is Cc1nn(CCCNC(=O)c2ccn(COc3ccc(Cl)cc3)n2)c(Cl)c1Cl. The highest BCUT2D eigenvalue weighted by Crippen LogP contribution is 2.24. The summed E-state index contributed by atoms with van der Waals surface area (Å²) < 4.78 is 8.75. The normalized spacial score (nSPS) is 10.9. The first-order chi connectivity index (χ1) is 13.4. The zero-order valence-corrected chi connectivity index (χ0v) is 17.3. The largest absolute Gasteiger partial charge is 0.471 e. The lowest BCUT2D eigenvalue weighted by atomic mass is 10.3. The monoisotopic (exact) mass is 441 g/mol. The maximum absolute atomic E-state index is 12.2. The Kier molecular flexibility index (Phi) is 6.83. The minimum Gasteiger partial charge on any atom is -0.471 e. The van der Waals surface area contributed by atoms with Crippen LogP contribution in [0.4, 0.5) is 0 Å². The Bertz CT molecular complexity index is 953. The molecule has 3 aromatic rings. The van der Waals surface area contributed by atoms with Crippen molar-refractivity contribution in [3.05, 3.63) is 63.1 Å². The zero-order chi connectivity index (χ0) is 20.1. The third kappa shape index (κ3) is 5.19. The fourth-order valence-electron chi connectivity index (χ4n) is 2.43. The minimum absolute atomic E-state index is 0.187. The molecular weight excluding hydrogens is 425 g/mol. The van der Waals surface area contributed by atoms with Crippen molar-refractivity contribution in [1.29, 1.82) is 0 Å². The fraction of sp³-hybridized carbons (Fsp3) is 0.278. The van der Waals surface area contributed by atoms with Gasteiger partial charge in [0.05, 0.1) is 5.69 Å². The summed E-state index contributed by atoms with van der Waals surface area (Å²) in [6, 6.07) is 8.64. The lowest BCUT2D eigenvalue weighted by Crippen LogP contribution is -2.26. The van der Waals surface area contributed by atoms with Crippen LogP contribution in [0.25, 0.3) is 0 Å². The summed E-state index contributed by atoms with van der Waals surface area (Å²) in [6.45, 7) is 2.99. The van der Waals surface area contributed by atoms with Crippen LogP contribution in [0.5, 0.6) is 5.75 Å². The molecule has 0 bridgehead atoms. The van der Waals surface area contributed by atoms with Gasteiger partial charge < -0.3 is 10.1 Å². The van der Waals surface area contributed by atoms with Gasteiger partial charge in [-0.25, -0.2) is 4.68 Å². The second-order valence-electron chi connectivity index (χ2n) is 5.99. The molecule has 0 radical (unpaired) electrons.